The summed E-state index contributed by atoms with van der Waals surface area (Å²) in [5.74, 6) is 0.321. The average Bonchev–Trinajstić information content (AvgIpc) is 2.62. The Balaban J connectivity index is 2.02. The van der Waals surface area contributed by atoms with Crippen molar-refractivity contribution in [3.63, 3.8) is 0 Å². The Kier molecular flexibility index (Phi) is 6.57. The maximum Gasteiger partial charge on any atom is 0.255 e. The summed E-state index contributed by atoms with van der Waals surface area (Å²) in [7, 11) is 0. The maximum atomic E-state index is 12.3. The van der Waals surface area contributed by atoms with Gasteiger partial charge in [0.15, 0.2) is 0 Å². The average molecular weight is 340 g/mol. The van der Waals surface area contributed by atoms with Gasteiger partial charge in [-0.25, -0.2) is 0 Å². The summed E-state index contributed by atoms with van der Waals surface area (Å²) >= 11 is 0. The van der Waals surface area contributed by atoms with E-state index in [1.54, 1.807) is 42.5 Å². The third-order valence-electron chi connectivity index (χ3n) is 3.80. The standard InChI is InChI=1S/C20H24N2O3/c1-4-14(3)21-19(23)15-9-11-17(12-10-15)22-20(24)16-7-6-8-18(13-16)25-5-2/h6-14H,4-5H2,1-3H3,(H,21,23)(H,22,24). The lowest BCUT2D eigenvalue weighted by Crippen LogP contribution is -2.31. The van der Waals surface area contributed by atoms with Crippen molar-refractivity contribution in [2.45, 2.75) is 33.2 Å². The minimum absolute atomic E-state index is 0.114. The number of hydrogen-bond acceptors (Lipinski definition) is 3. The second-order valence-corrected chi connectivity index (χ2v) is 5.78. The Morgan fingerprint density at radius 2 is 1.72 bits per heavy atom. The Bertz CT molecular complexity index is 726. The van der Waals surface area contributed by atoms with Crippen molar-refractivity contribution in [3.05, 3.63) is 59.7 Å². The minimum atomic E-state index is -0.224. The van der Waals surface area contributed by atoms with Crippen LogP contribution in [0.1, 0.15) is 47.9 Å². The zero-order valence-electron chi connectivity index (χ0n) is 14.8. The Labute approximate surface area is 148 Å². The molecule has 5 heteroatoms. The molecule has 0 aliphatic rings. The topological polar surface area (TPSA) is 67.4 Å². The number of rotatable bonds is 7. The fourth-order valence-corrected chi connectivity index (χ4v) is 2.21. The lowest BCUT2D eigenvalue weighted by Gasteiger charge is -2.12. The van der Waals surface area contributed by atoms with Crippen LogP contribution in [-0.2, 0) is 0 Å². The summed E-state index contributed by atoms with van der Waals surface area (Å²) in [5.41, 5.74) is 1.72. The SMILES string of the molecule is CCOc1cccc(C(=O)Nc2ccc(C(=O)NC(C)CC)cc2)c1. The summed E-state index contributed by atoms with van der Waals surface area (Å²) in [6.45, 7) is 6.42. The largest absolute Gasteiger partial charge is 0.494 e. The third kappa shape index (κ3) is 5.35. The highest BCUT2D eigenvalue weighted by Gasteiger charge is 2.10. The first kappa shape index (κ1) is 18.5. The number of amides is 2. The molecule has 0 heterocycles. The minimum Gasteiger partial charge on any atom is -0.494 e. The first-order chi connectivity index (χ1) is 12.0. The van der Waals surface area contributed by atoms with Gasteiger partial charge in [0, 0.05) is 22.9 Å². The van der Waals surface area contributed by atoms with E-state index in [4.69, 9.17) is 4.74 Å². The quantitative estimate of drug-likeness (QED) is 0.804. The lowest BCUT2D eigenvalue weighted by atomic mass is 10.1. The number of ether oxygens (including phenoxy) is 1. The first-order valence-electron chi connectivity index (χ1n) is 8.48. The van der Waals surface area contributed by atoms with E-state index in [0.717, 1.165) is 6.42 Å². The molecule has 0 fully saturated rings. The van der Waals surface area contributed by atoms with Crippen molar-refractivity contribution < 1.29 is 14.3 Å². The van der Waals surface area contributed by atoms with Crippen LogP contribution in [0.2, 0.25) is 0 Å². The number of hydrogen-bond donors (Lipinski definition) is 2. The van der Waals surface area contributed by atoms with E-state index in [-0.39, 0.29) is 17.9 Å². The highest BCUT2D eigenvalue weighted by atomic mass is 16.5. The van der Waals surface area contributed by atoms with E-state index in [9.17, 15) is 9.59 Å². The van der Waals surface area contributed by atoms with E-state index in [0.29, 0.717) is 29.2 Å². The first-order valence-corrected chi connectivity index (χ1v) is 8.48. The smallest absolute Gasteiger partial charge is 0.255 e. The van der Waals surface area contributed by atoms with E-state index in [1.165, 1.54) is 0 Å². The Hall–Kier alpha value is -2.82. The van der Waals surface area contributed by atoms with Gasteiger partial charge in [0.05, 0.1) is 6.61 Å². The van der Waals surface area contributed by atoms with Gasteiger partial charge in [0.25, 0.3) is 11.8 Å². The van der Waals surface area contributed by atoms with Gasteiger partial charge in [-0.05, 0) is 62.7 Å². The number of carbonyl (C=O) groups excluding carboxylic acids is 2. The van der Waals surface area contributed by atoms with Gasteiger partial charge in [-0.15, -0.1) is 0 Å². The molecule has 0 radical (unpaired) electrons. The summed E-state index contributed by atoms with van der Waals surface area (Å²) in [5, 5.41) is 5.73. The zero-order valence-corrected chi connectivity index (χ0v) is 14.8. The van der Waals surface area contributed by atoms with E-state index < -0.39 is 0 Å². The molecule has 0 saturated heterocycles. The van der Waals surface area contributed by atoms with Crippen molar-refractivity contribution in [3.8, 4) is 5.75 Å². The molecule has 0 bridgehead atoms. The summed E-state index contributed by atoms with van der Waals surface area (Å²) in [6.07, 6.45) is 0.876. The van der Waals surface area contributed by atoms with Crippen LogP contribution in [-0.4, -0.2) is 24.5 Å². The second kappa shape index (κ2) is 8.87. The van der Waals surface area contributed by atoms with Gasteiger partial charge < -0.3 is 15.4 Å². The van der Waals surface area contributed by atoms with Crippen molar-refractivity contribution in [1.82, 2.24) is 5.32 Å². The van der Waals surface area contributed by atoms with Gasteiger partial charge in [0.2, 0.25) is 0 Å². The lowest BCUT2D eigenvalue weighted by molar-refractivity contribution is 0.0938. The van der Waals surface area contributed by atoms with Crippen LogP contribution in [0, 0.1) is 0 Å². The highest BCUT2D eigenvalue weighted by Crippen LogP contribution is 2.16. The molecule has 1 atom stereocenters. The van der Waals surface area contributed by atoms with Crippen LogP contribution < -0.4 is 15.4 Å². The van der Waals surface area contributed by atoms with E-state index in [1.807, 2.05) is 26.8 Å². The van der Waals surface area contributed by atoms with Crippen LogP contribution in [0.3, 0.4) is 0 Å². The molecule has 0 aromatic heterocycles. The molecule has 0 saturated carbocycles. The molecule has 0 aliphatic heterocycles. The van der Waals surface area contributed by atoms with Gasteiger partial charge in [-0.2, -0.15) is 0 Å². The summed E-state index contributed by atoms with van der Waals surface area (Å²) in [4.78, 5) is 24.4. The van der Waals surface area contributed by atoms with E-state index in [2.05, 4.69) is 10.6 Å². The fraction of sp³-hybridized carbons (Fsp3) is 0.300. The molecule has 5 nitrogen and oxygen atoms in total. The monoisotopic (exact) mass is 340 g/mol. The number of benzene rings is 2. The van der Waals surface area contributed by atoms with Crippen molar-refractivity contribution in [2.75, 3.05) is 11.9 Å². The zero-order chi connectivity index (χ0) is 18.2. The van der Waals surface area contributed by atoms with Crippen LogP contribution in [0.25, 0.3) is 0 Å². The highest BCUT2D eigenvalue weighted by molar-refractivity contribution is 6.04. The van der Waals surface area contributed by atoms with Crippen LogP contribution >= 0.6 is 0 Å². The van der Waals surface area contributed by atoms with E-state index >= 15 is 0 Å². The molecule has 0 spiro atoms. The van der Waals surface area contributed by atoms with Gasteiger partial charge in [-0.3, -0.25) is 9.59 Å². The molecule has 2 rings (SSSR count). The van der Waals surface area contributed by atoms with Crippen molar-refractivity contribution in [1.29, 1.82) is 0 Å². The molecule has 2 aromatic carbocycles. The molecule has 0 aliphatic carbocycles. The number of nitrogens with one attached hydrogen (secondary N) is 2. The Morgan fingerprint density at radius 1 is 1.00 bits per heavy atom. The van der Waals surface area contributed by atoms with Crippen molar-refractivity contribution >= 4 is 17.5 Å². The normalized spacial score (nSPS) is 11.5. The summed E-state index contributed by atoms with van der Waals surface area (Å²) < 4.78 is 5.41. The second-order valence-electron chi connectivity index (χ2n) is 5.78. The predicted octanol–water partition coefficient (Wildman–Crippen LogP) is 3.87. The molecule has 2 amide bonds. The van der Waals surface area contributed by atoms with Gasteiger partial charge in [0.1, 0.15) is 5.75 Å². The molecule has 25 heavy (non-hydrogen) atoms. The summed E-state index contributed by atoms with van der Waals surface area (Å²) in [6, 6.07) is 14.0. The van der Waals surface area contributed by atoms with Crippen LogP contribution in [0.15, 0.2) is 48.5 Å². The molecular formula is C20H24N2O3. The maximum absolute atomic E-state index is 12.3. The fourth-order valence-electron chi connectivity index (χ4n) is 2.21. The molecular weight excluding hydrogens is 316 g/mol. The Morgan fingerprint density at radius 3 is 2.36 bits per heavy atom. The van der Waals surface area contributed by atoms with Crippen LogP contribution in [0.5, 0.6) is 5.75 Å². The molecule has 132 valence electrons. The number of anilines is 1. The third-order valence-corrected chi connectivity index (χ3v) is 3.80. The van der Waals surface area contributed by atoms with Gasteiger partial charge >= 0.3 is 0 Å². The number of carbonyl (C=O) groups is 2. The van der Waals surface area contributed by atoms with Crippen LogP contribution in [0.4, 0.5) is 5.69 Å². The predicted molar refractivity (Wildman–Crippen MR) is 99.2 cm³/mol. The molecule has 1 unspecified atom stereocenters. The van der Waals surface area contributed by atoms with Gasteiger partial charge in [-0.1, -0.05) is 13.0 Å². The van der Waals surface area contributed by atoms with Crippen molar-refractivity contribution in [2.24, 2.45) is 0 Å². The molecule has 2 aromatic rings. The molecule has 2 N–H and O–H groups in total.